The molecule has 0 aliphatic heterocycles. The van der Waals surface area contributed by atoms with Crippen molar-refractivity contribution in [2.45, 2.75) is 38.6 Å². The third kappa shape index (κ3) is 1.69. The summed E-state index contributed by atoms with van der Waals surface area (Å²) in [6.45, 7) is 4.94. The van der Waals surface area contributed by atoms with Crippen LogP contribution in [0, 0.1) is 13.8 Å². The molecule has 0 atom stereocenters. The Labute approximate surface area is 111 Å². The number of hydrogen-bond donors (Lipinski definition) is 2. The maximum atomic E-state index is 5.90. The van der Waals surface area contributed by atoms with Crippen LogP contribution in [0.2, 0.25) is 0 Å². The summed E-state index contributed by atoms with van der Waals surface area (Å²) < 4.78 is 0. The van der Waals surface area contributed by atoms with Crippen LogP contribution in [0.25, 0.3) is 10.2 Å². The number of thiophene rings is 1. The largest absolute Gasteiger partial charge is 0.363 e. The minimum Gasteiger partial charge on any atom is -0.363 e. The third-order valence-electron chi connectivity index (χ3n) is 4.05. The Bertz CT molecular complexity index is 580. The second-order valence-corrected chi connectivity index (χ2v) is 6.35. The number of nitrogens with one attached hydrogen (secondary N) is 1. The summed E-state index contributed by atoms with van der Waals surface area (Å²) in [6, 6.07) is 0. The van der Waals surface area contributed by atoms with E-state index in [0.717, 1.165) is 23.5 Å². The zero-order chi connectivity index (χ0) is 12.8. The summed E-state index contributed by atoms with van der Waals surface area (Å²) in [5.41, 5.74) is 7.24. The number of nitrogens with two attached hydrogens (primary N) is 1. The first-order chi connectivity index (χ1) is 8.65. The number of aryl methyl sites for hydroxylation is 2. The molecule has 3 N–H and O–H groups in total. The summed E-state index contributed by atoms with van der Waals surface area (Å²) in [7, 11) is 0. The van der Waals surface area contributed by atoms with E-state index in [1.54, 1.807) is 17.7 Å². The average Bonchev–Trinajstić information content (AvgIpc) is 2.61. The second-order valence-electron chi connectivity index (χ2n) is 5.15. The lowest BCUT2D eigenvalue weighted by Gasteiger charge is -2.42. The zero-order valence-corrected chi connectivity index (χ0v) is 11.6. The summed E-state index contributed by atoms with van der Waals surface area (Å²) in [4.78, 5) is 11.2. The molecule has 1 aliphatic rings. The number of nitrogens with zero attached hydrogens (tertiary/aromatic N) is 2. The van der Waals surface area contributed by atoms with Crippen molar-refractivity contribution in [3.8, 4) is 0 Å². The fourth-order valence-electron chi connectivity index (χ4n) is 2.51. The summed E-state index contributed by atoms with van der Waals surface area (Å²) >= 11 is 1.73. The van der Waals surface area contributed by atoms with Gasteiger partial charge in [-0.05, 0) is 38.7 Å². The summed E-state index contributed by atoms with van der Waals surface area (Å²) in [5, 5.41) is 4.74. The van der Waals surface area contributed by atoms with E-state index in [-0.39, 0.29) is 5.54 Å². The van der Waals surface area contributed by atoms with E-state index in [9.17, 15) is 0 Å². The normalized spacial score (nSPS) is 17.7. The van der Waals surface area contributed by atoms with Gasteiger partial charge in [0.1, 0.15) is 17.0 Å². The molecule has 0 aromatic carbocycles. The molecule has 0 saturated heterocycles. The fraction of sp³-hybridized carbons (Fsp3) is 0.538. The van der Waals surface area contributed by atoms with Gasteiger partial charge >= 0.3 is 0 Å². The van der Waals surface area contributed by atoms with Gasteiger partial charge in [0.25, 0.3) is 0 Å². The van der Waals surface area contributed by atoms with E-state index in [1.165, 1.54) is 22.2 Å². The van der Waals surface area contributed by atoms with Crippen LogP contribution >= 0.6 is 11.3 Å². The molecule has 96 valence electrons. The molecule has 1 fully saturated rings. The van der Waals surface area contributed by atoms with Crippen molar-refractivity contribution in [1.29, 1.82) is 0 Å². The molecule has 2 aromatic rings. The summed E-state index contributed by atoms with van der Waals surface area (Å²) in [6.07, 6.45) is 5.16. The maximum absolute atomic E-state index is 5.90. The first-order valence-electron chi connectivity index (χ1n) is 6.34. The Morgan fingerprint density at radius 3 is 2.78 bits per heavy atom. The molecule has 0 bridgehead atoms. The van der Waals surface area contributed by atoms with Crippen LogP contribution in [-0.4, -0.2) is 22.1 Å². The molecular weight excluding hydrogens is 244 g/mol. The first-order valence-corrected chi connectivity index (χ1v) is 7.16. The quantitative estimate of drug-likeness (QED) is 0.892. The number of hydrogen-bond acceptors (Lipinski definition) is 5. The van der Waals surface area contributed by atoms with E-state index in [2.05, 4.69) is 29.1 Å². The van der Waals surface area contributed by atoms with Crippen molar-refractivity contribution < 1.29 is 0 Å². The van der Waals surface area contributed by atoms with Crippen LogP contribution < -0.4 is 11.1 Å². The first kappa shape index (κ1) is 11.9. The smallest absolute Gasteiger partial charge is 0.138 e. The van der Waals surface area contributed by atoms with E-state index in [0.29, 0.717) is 6.54 Å². The molecule has 0 radical (unpaired) electrons. The van der Waals surface area contributed by atoms with Gasteiger partial charge in [-0.15, -0.1) is 11.3 Å². The van der Waals surface area contributed by atoms with Gasteiger partial charge < -0.3 is 11.1 Å². The minimum atomic E-state index is 0.0591. The molecule has 2 aromatic heterocycles. The van der Waals surface area contributed by atoms with E-state index in [1.807, 2.05) is 0 Å². The lowest BCUT2D eigenvalue weighted by molar-refractivity contribution is 0.287. The van der Waals surface area contributed by atoms with Crippen LogP contribution in [-0.2, 0) is 0 Å². The number of fused-ring (bicyclic) bond motifs is 1. The van der Waals surface area contributed by atoms with Gasteiger partial charge in [-0.25, -0.2) is 9.97 Å². The Balaban J connectivity index is 2.06. The van der Waals surface area contributed by atoms with Crippen molar-refractivity contribution in [3.63, 3.8) is 0 Å². The Morgan fingerprint density at radius 2 is 2.17 bits per heavy atom. The van der Waals surface area contributed by atoms with Crippen molar-refractivity contribution >= 4 is 27.4 Å². The molecule has 0 spiro atoms. The highest BCUT2D eigenvalue weighted by Gasteiger charge is 2.36. The SMILES string of the molecule is Cc1sc2ncnc(NC3(CN)CCC3)c2c1C. The third-order valence-corrected chi connectivity index (χ3v) is 5.17. The number of aromatic nitrogens is 2. The van der Waals surface area contributed by atoms with E-state index < -0.39 is 0 Å². The van der Waals surface area contributed by atoms with Crippen LogP contribution in [0.4, 0.5) is 5.82 Å². The molecular formula is C13H18N4S. The van der Waals surface area contributed by atoms with Crippen molar-refractivity contribution in [3.05, 3.63) is 16.8 Å². The van der Waals surface area contributed by atoms with Gasteiger partial charge in [0.2, 0.25) is 0 Å². The van der Waals surface area contributed by atoms with Crippen LogP contribution in [0.3, 0.4) is 0 Å². The molecule has 1 saturated carbocycles. The van der Waals surface area contributed by atoms with E-state index in [4.69, 9.17) is 5.73 Å². The molecule has 0 unspecified atom stereocenters. The molecule has 0 amide bonds. The monoisotopic (exact) mass is 262 g/mol. The Hall–Kier alpha value is -1.20. The molecule has 2 heterocycles. The van der Waals surface area contributed by atoms with Gasteiger partial charge in [-0.2, -0.15) is 0 Å². The predicted octanol–water partition coefficient (Wildman–Crippen LogP) is 2.60. The Kier molecular flexibility index (Phi) is 2.75. The van der Waals surface area contributed by atoms with Gasteiger partial charge in [0.15, 0.2) is 0 Å². The van der Waals surface area contributed by atoms with Crippen molar-refractivity contribution in [1.82, 2.24) is 9.97 Å². The second kappa shape index (κ2) is 4.17. The van der Waals surface area contributed by atoms with Crippen LogP contribution in [0.1, 0.15) is 29.7 Å². The predicted molar refractivity (Wildman–Crippen MR) is 76.1 cm³/mol. The van der Waals surface area contributed by atoms with Crippen LogP contribution in [0.15, 0.2) is 6.33 Å². The number of rotatable bonds is 3. The molecule has 4 nitrogen and oxygen atoms in total. The maximum Gasteiger partial charge on any atom is 0.138 e. The number of anilines is 1. The van der Waals surface area contributed by atoms with Gasteiger partial charge in [-0.3, -0.25) is 0 Å². The van der Waals surface area contributed by atoms with Crippen molar-refractivity contribution in [2.24, 2.45) is 5.73 Å². The van der Waals surface area contributed by atoms with Gasteiger partial charge in [-0.1, -0.05) is 0 Å². The lowest BCUT2D eigenvalue weighted by Crippen LogP contribution is -2.51. The van der Waals surface area contributed by atoms with Gasteiger partial charge in [0, 0.05) is 11.4 Å². The topological polar surface area (TPSA) is 63.8 Å². The average molecular weight is 262 g/mol. The lowest BCUT2D eigenvalue weighted by atomic mass is 9.77. The molecule has 1 aliphatic carbocycles. The molecule has 18 heavy (non-hydrogen) atoms. The molecule has 3 rings (SSSR count). The standard InChI is InChI=1S/C13H18N4S/c1-8-9(2)18-12-10(8)11(15-7-16-12)17-13(6-14)4-3-5-13/h7H,3-6,14H2,1-2H3,(H,15,16,17). The van der Waals surface area contributed by atoms with Crippen LogP contribution in [0.5, 0.6) is 0 Å². The Morgan fingerprint density at radius 1 is 1.39 bits per heavy atom. The molecule has 5 heteroatoms. The highest BCUT2D eigenvalue weighted by Crippen LogP contribution is 2.38. The van der Waals surface area contributed by atoms with Gasteiger partial charge in [0.05, 0.1) is 10.9 Å². The zero-order valence-electron chi connectivity index (χ0n) is 10.8. The minimum absolute atomic E-state index is 0.0591. The summed E-state index contributed by atoms with van der Waals surface area (Å²) in [5.74, 6) is 0.951. The van der Waals surface area contributed by atoms with E-state index >= 15 is 0 Å². The van der Waals surface area contributed by atoms with Crippen molar-refractivity contribution in [2.75, 3.05) is 11.9 Å². The highest BCUT2D eigenvalue weighted by molar-refractivity contribution is 7.18. The highest BCUT2D eigenvalue weighted by atomic mass is 32.1. The fourth-order valence-corrected chi connectivity index (χ4v) is 3.51.